The third-order valence-corrected chi connectivity index (χ3v) is 7.21. The Hall–Kier alpha value is -3.49. The largest absolute Gasteiger partial charge is 0.326 e. The first-order chi connectivity index (χ1) is 16.9. The predicted molar refractivity (Wildman–Crippen MR) is 137 cm³/mol. The number of sulfonamides is 1. The Morgan fingerprint density at radius 1 is 0.914 bits per heavy atom. The number of carbonyl (C=O) groups is 2. The van der Waals surface area contributed by atoms with Crippen molar-refractivity contribution in [3.63, 3.8) is 0 Å². The molecule has 4 rings (SSSR count). The fourth-order valence-electron chi connectivity index (χ4n) is 3.70. The van der Waals surface area contributed by atoms with Gasteiger partial charge in [-0.3, -0.25) is 9.59 Å². The van der Waals surface area contributed by atoms with Crippen molar-refractivity contribution < 1.29 is 18.0 Å². The van der Waals surface area contributed by atoms with Gasteiger partial charge in [0.05, 0.1) is 11.3 Å². The highest BCUT2D eigenvalue weighted by atomic mass is 32.2. The van der Waals surface area contributed by atoms with E-state index in [1.165, 1.54) is 12.1 Å². The number of benzene rings is 3. The van der Waals surface area contributed by atoms with Crippen molar-refractivity contribution in [2.45, 2.75) is 43.5 Å². The third-order valence-electron chi connectivity index (χ3n) is 5.67. The van der Waals surface area contributed by atoms with Gasteiger partial charge in [-0.05, 0) is 73.4 Å². The van der Waals surface area contributed by atoms with E-state index in [4.69, 9.17) is 0 Å². The van der Waals surface area contributed by atoms with E-state index >= 15 is 0 Å². The number of amides is 2. The van der Waals surface area contributed by atoms with Crippen molar-refractivity contribution in [1.29, 1.82) is 0 Å². The van der Waals surface area contributed by atoms with Gasteiger partial charge in [0.15, 0.2) is 0 Å². The molecule has 182 valence electrons. The zero-order chi connectivity index (χ0) is 24.8. The Morgan fingerprint density at radius 3 is 2.17 bits per heavy atom. The van der Waals surface area contributed by atoms with E-state index in [1.54, 1.807) is 41.3 Å². The molecule has 8 heteroatoms. The molecule has 0 bridgehead atoms. The maximum atomic E-state index is 13.1. The summed E-state index contributed by atoms with van der Waals surface area (Å²) in [5, 5.41) is 2.83. The lowest BCUT2D eigenvalue weighted by Crippen LogP contribution is -2.31. The van der Waals surface area contributed by atoms with Gasteiger partial charge in [-0.2, -0.15) is 0 Å². The molecule has 1 fully saturated rings. The molecule has 0 heterocycles. The summed E-state index contributed by atoms with van der Waals surface area (Å²) in [6.07, 6.45) is 2.68. The summed E-state index contributed by atoms with van der Waals surface area (Å²) in [5.41, 5.74) is 2.68. The number of para-hydroxylation sites is 1. The first-order valence-electron chi connectivity index (χ1n) is 11.7. The molecule has 0 aliphatic heterocycles. The second-order valence-corrected chi connectivity index (χ2v) is 10.3. The molecule has 0 unspecified atom stereocenters. The minimum absolute atomic E-state index is 0.0418. The fraction of sp³-hybridized carbons (Fsp3) is 0.259. The monoisotopic (exact) mass is 491 g/mol. The van der Waals surface area contributed by atoms with Gasteiger partial charge in [0.1, 0.15) is 0 Å². The molecule has 35 heavy (non-hydrogen) atoms. The van der Waals surface area contributed by atoms with Crippen molar-refractivity contribution in [3.8, 4) is 0 Å². The zero-order valence-electron chi connectivity index (χ0n) is 19.6. The van der Waals surface area contributed by atoms with Crippen LogP contribution in [0.25, 0.3) is 0 Å². The number of rotatable bonds is 10. The lowest BCUT2D eigenvalue weighted by molar-refractivity contribution is -0.115. The summed E-state index contributed by atoms with van der Waals surface area (Å²) in [7, 11) is -3.51. The van der Waals surface area contributed by atoms with Crippen LogP contribution in [0.5, 0.6) is 0 Å². The molecule has 1 aliphatic rings. The quantitative estimate of drug-likeness (QED) is 0.440. The van der Waals surface area contributed by atoms with E-state index in [2.05, 4.69) is 10.0 Å². The number of carbonyl (C=O) groups excluding carboxylic acids is 2. The third kappa shape index (κ3) is 6.55. The Kier molecular flexibility index (Phi) is 7.63. The Labute approximate surface area is 206 Å². The van der Waals surface area contributed by atoms with Crippen LogP contribution < -0.4 is 14.9 Å². The standard InChI is InChI=1S/C27H29N3O4S/c1-2-18-30(24-6-4-3-5-7-24)27(32)21-10-12-22(13-11-21)28-26(31)19-20-8-16-25(17-9-20)35(33,34)29-23-14-15-23/h3-13,16-17,23,29H,2,14-15,18-19H2,1H3,(H,28,31). The molecule has 0 spiro atoms. The molecular weight excluding hydrogens is 462 g/mol. The average Bonchev–Trinajstić information content (AvgIpc) is 3.67. The molecule has 0 radical (unpaired) electrons. The lowest BCUT2D eigenvalue weighted by Gasteiger charge is -2.22. The van der Waals surface area contributed by atoms with E-state index in [1.807, 2.05) is 37.3 Å². The highest BCUT2D eigenvalue weighted by molar-refractivity contribution is 7.89. The van der Waals surface area contributed by atoms with Gasteiger partial charge in [-0.15, -0.1) is 0 Å². The minimum Gasteiger partial charge on any atom is -0.326 e. The van der Waals surface area contributed by atoms with Gasteiger partial charge in [-0.1, -0.05) is 37.3 Å². The summed E-state index contributed by atoms with van der Waals surface area (Å²) >= 11 is 0. The number of nitrogens with zero attached hydrogens (tertiary/aromatic N) is 1. The van der Waals surface area contributed by atoms with Crippen LogP contribution in [0.3, 0.4) is 0 Å². The average molecular weight is 492 g/mol. The van der Waals surface area contributed by atoms with Gasteiger partial charge < -0.3 is 10.2 Å². The van der Waals surface area contributed by atoms with Gasteiger partial charge in [0, 0.05) is 29.5 Å². The van der Waals surface area contributed by atoms with Crippen molar-refractivity contribution in [2.24, 2.45) is 0 Å². The molecule has 3 aromatic carbocycles. The van der Waals surface area contributed by atoms with E-state index in [-0.39, 0.29) is 29.2 Å². The molecule has 1 aliphatic carbocycles. The van der Waals surface area contributed by atoms with Crippen LogP contribution in [-0.2, 0) is 21.2 Å². The summed E-state index contributed by atoms with van der Waals surface area (Å²) < 4.78 is 27.2. The molecule has 2 amide bonds. The molecule has 1 saturated carbocycles. The summed E-state index contributed by atoms with van der Waals surface area (Å²) in [4.78, 5) is 27.5. The Morgan fingerprint density at radius 2 is 1.57 bits per heavy atom. The van der Waals surface area contributed by atoms with Crippen LogP contribution in [-0.4, -0.2) is 32.8 Å². The van der Waals surface area contributed by atoms with E-state index in [0.29, 0.717) is 23.4 Å². The number of hydrogen-bond donors (Lipinski definition) is 2. The highest BCUT2D eigenvalue weighted by Gasteiger charge is 2.27. The predicted octanol–water partition coefficient (Wildman–Crippen LogP) is 4.37. The second-order valence-electron chi connectivity index (χ2n) is 8.63. The lowest BCUT2D eigenvalue weighted by atomic mass is 10.1. The second kappa shape index (κ2) is 10.8. The molecule has 0 atom stereocenters. The number of nitrogens with one attached hydrogen (secondary N) is 2. The van der Waals surface area contributed by atoms with Crippen LogP contribution in [0.1, 0.15) is 42.1 Å². The number of anilines is 2. The maximum absolute atomic E-state index is 13.1. The summed E-state index contributed by atoms with van der Waals surface area (Å²) in [6, 6.07) is 22.7. The summed E-state index contributed by atoms with van der Waals surface area (Å²) in [5.74, 6) is -0.324. The molecule has 0 aromatic heterocycles. The van der Waals surface area contributed by atoms with Crippen LogP contribution in [0.2, 0.25) is 0 Å². The van der Waals surface area contributed by atoms with Gasteiger partial charge in [0.25, 0.3) is 5.91 Å². The van der Waals surface area contributed by atoms with Crippen molar-refractivity contribution in [3.05, 3.63) is 90.0 Å². The molecule has 7 nitrogen and oxygen atoms in total. The number of hydrogen-bond acceptors (Lipinski definition) is 4. The Balaban J connectivity index is 1.36. The van der Waals surface area contributed by atoms with E-state index in [0.717, 1.165) is 24.9 Å². The first kappa shape index (κ1) is 24.6. The van der Waals surface area contributed by atoms with Crippen molar-refractivity contribution >= 4 is 33.2 Å². The van der Waals surface area contributed by atoms with E-state index in [9.17, 15) is 18.0 Å². The van der Waals surface area contributed by atoms with Crippen LogP contribution in [0, 0.1) is 0 Å². The van der Waals surface area contributed by atoms with E-state index < -0.39 is 10.0 Å². The minimum atomic E-state index is -3.51. The SMILES string of the molecule is CCCN(C(=O)c1ccc(NC(=O)Cc2ccc(S(=O)(=O)NC3CC3)cc2)cc1)c1ccccc1. The zero-order valence-corrected chi connectivity index (χ0v) is 20.4. The highest BCUT2D eigenvalue weighted by Crippen LogP contribution is 2.23. The van der Waals surface area contributed by atoms with Crippen LogP contribution >= 0.6 is 0 Å². The molecule has 3 aromatic rings. The van der Waals surface area contributed by atoms with Gasteiger partial charge in [0.2, 0.25) is 15.9 Å². The maximum Gasteiger partial charge on any atom is 0.258 e. The van der Waals surface area contributed by atoms with Crippen LogP contribution in [0.15, 0.2) is 83.8 Å². The first-order valence-corrected chi connectivity index (χ1v) is 13.2. The smallest absolute Gasteiger partial charge is 0.258 e. The van der Waals surface area contributed by atoms with Crippen LogP contribution in [0.4, 0.5) is 11.4 Å². The Bertz CT molecular complexity index is 1270. The molecule has 0 saturated heterocycles. The van der Waals surface area contributed by atoms with Gasteiger partial charge >= 0.3 is 0 Å². The van der Waals surface area contributed by atoms with Crippen molar-refractivity contribution in [2.75, 3.05) is 16.8 Å². The van der Waals surface area contributed by atoms with Gasteiger partial charge in [-0.25, -0.2) is 13.1 Å². The normalized spacial score (nSPS) is 13.3. The fourth-order valence-corrected chi connectivity index (χ4v) is 5.00. The topological polar surface area (TPSA) is 95.6 Å². The molecular formula is C27H29N3O4S. The molecule has 2 N–H and O–H groups in total. The summed E-state index contributed by atoms with van der Waals surface area (Å²) in [6.45, 7) is 2.64. The van der Waals surface area contributed by atoms with Crippen molar-refractivity contribution in [1.82, 2.24) is 4.72 Å².